The number of nitrogens with one attached hydrogen (secondary N) is 1. The molecule has 28 heavy (non-hydrogen) atoms. The second-order valence-electron chi connectivity index (χ2n) is 7.32. The monoisotopic (exact) mass is 402 g/mol. The molecule has 0 radical (unpaired) electrons. The molecule has 1 unspecified atom stereocenters. The first-order valence-corrected chi connectivity index (χ1v) is 11.4. The summed E-state index contributed by atoms with van der Waals surface area (Å²) in [7, 11) is -3.55. The number of benzene rings is 2. The molecule has 1 aliphatic rings. The molecule has 5 nitrogen and oxygen atoms in total. The van der Waals surface area contributed by atoms with Gasteiger partial charge in [-0.1, -0.05) is 55.3 Å². The first-order chi connectivity index (χ1) is 13.5. The van der Waals surface area contributed by atoms with Crippen LogP contribution in [-0.2, 0) is 21.2 Å². The van der Waals surface area contributed by atoms with Gasteiger partial charge in [0.2, 0.25) is 10.0 Å². The predicted octanol–water partition coefficient (Wildman–Crippen LogP) is 3.30. The predicted molar refractivity (Wildman–Crippen MR) is 112 cm³/mol. The van der Waals surface area contributed by atoms with E-state index in [-0.39, 0.29) is 6.04 Å². The molecule has 3 rings (SSSR count). The second kappa shape index (κ2) is 9.65. The van der Waals surface area contributed by atoms with Crippen LogP contribution in [0.3, 0.4) is 0 Å². The molecule has 1 heterocycles. The van der Waals surface area contributed by atoms with E-state index in [0.29, 0.717) is 24.7 Å². The molecule has 1 fully saturated rings. The van der Waals surface area contributed by atoms with Crippen molar-refractivity contribution < 1.29 is 13.2 Å². The number of sulfonamides is 1. The van der Waals surface area contributed by atoms with Crippen molar-refractivity contribution in [2.45, 2.75) is 37.6 Å². The van der Waals surface area contributed by atoms with E-state index in [1.807, 2.05) is 12.1 Å². The fourth-order valence-electron chi connectivity index (χ4n) is 3.53. The number of rotatable bonds is 8. The Labute approximate surface area is 168 Å². The highest BCUT2D eigenvalue weighted by Gasteiger charge is 2.25. The van der Waals surface area contributed by atoms with E-state index in [9.17, 15) is 8.42 Å². The van der Waals surface area contributed by atoms with Crippen LogP contribution in [0.15, 0.2) is 53.4 Å². The van der Waals surface area contributed by atoms with Crippen LogP contribution in [-0.4, -0.2) is 46.2 Å². The molecule has 0 aliphatic carbocycles. The highest BCUT2D eigenvalue weighted by atomic mass is 32.2. The molecule has 0 bridgehead atoms. The maximum atomic E-state index is 12.8. The van der Waals surface area contributed by atoms with Crippen molar-refractivity contribution >= 4 is 10.0 Å². The Balaban J connectivity index is 1.75. The van der Waals surface area contributed by atoms with Gasteiger partial charge in [-0.05, 0) is 36.6 Å². The molecular weight excluding hydrogens is 372 g/mol. The first kappa shape index (κ1) is 21.0. The van der Waals surface area contributed by atoms with Crippen molar-refractivity contribution in [2.24, 2.45) is 0 Å². The number of hydrogen-bond acceptors (Lipinski definition) is 4. The van der Waals surface area contributed by atoms with Crippen molar-refractivity contribution in [1.29, 1.82) is 0 Å². The summed E-state index contributed by atoms with van der Waals surface area (Å²) in [5, 5.41) is 0. The maximum Gasteiger partial charge on any atom is 0.240 e. The number of hydrogen-bond donors (Lipinski definition) is 1. The zero-order valence-corrected chi connectivity index (χ0v) is 17.5. The third-order valence-corrected chi connectivity index (χ3v) is 6.63. The Hall–Kier alpha value is -1.73. The largest absolute Gasteiger partial charge is 0.379 e. The van der Waals surface area contributed by atoms with Crippen molar-refractivity contribution in [3.05, 3.63) is 65.2 Å². The second-order valence-corrected chi connectivity index (χ2v) is 9.09. The quantitative estimate of drug-likeness (QED) is 0.736. The lowest BCUT2D eigenvalue weighted by molar-refractivity contribution is 0.0172. The van der Waals surface area contributed by atoms with Gasteiger partial charge in [-0.2, -0.15) is 0 Å². The van der Waals surface area contributed by atoms with Crippen molar-refractivity contribution in [3.63, 3.8) is 0 Å². The maximum absolute atomic E-state index is 12.8. The first-order valence-electron chi connectivity index (χ1n) is 9.96. The van der Waals surface area contributed by atoms with Crippen LogP contribution in [0.1, 0.15) is 36.1 Å². The fourth-order valence-corrected chi connectivity index (χ4v) is 4.57. The molecule has 0 saturated carbocycles. The number of nitrogens with zero attached hydrogens (tertiary/aromatic N) is 1. The van der Waals surface area contributed by atoms with Gasteiger partial charge in [0.05, 0.1) is 18.1 Å². The summed E-state index contributed by atoms with van der Waals surface area (Å²) in [5.74, 6) is 0. The summed E-state index contributed by atoms with van der Waals surface area (Å²) in [6.07, 6.45) is 2.00. The lowest BCUT2D eigenvalue weighted by atomic mass is 10.0. The van der Waals surface area contributed by atoms with Crippen molar-refractivity contribution in [3.8, 4) is 0 Å². The minimum Gasteiger partial charge on any atom is -0.379 e. The Morgan fingerprint density at radius 1 is 1.04 bits per heavy atom. The molecule has 1 N–H and O–H groups in total. The zero-order chi connectivity index (χ0) is 20.0. The molecule has 152 valence electrons. The smallest absolute Gasteiger partial charge is 0.240 e. The number of morpholine rings is 1. The topological polar surface area (TPSA) is 58.6 Å². The van der Waals surface area contributed by atoms with Gasteiger partial charge in [0.15, 0.2) is 0 Å². The number of ether oxygens (including phenoxy) is 1. The summed E-state index contributed by atoms with van der Waals surface area (Å²) in [6.45, 7) is 7.45. The third-order valence-electron chi connectivity index (χ3n) is 5.19. The normalized spacial score (nSPS) is 16.8. The lowest BCUT2D eigenvalue weighted by Crippen LogP contribution is -2.43. The summed E-state index contributed by atoms with van der Waals surface area (Å²) in [4.78, 5) is 2.61. The van der Waals surface area contributed by atoms with E-state index in [4.69, 9.17) is 4.74 Å². The van der Waals surface area contributed by atoms with E-state index >= 15 is 0 Å². The summed E-state index contributed by atoms with van der Waals surface area (Å²) >= 11 is 0. The van der Waals surface area contributed by atoms with Crippen LogP contribution in [0.4, 0.5) is 0 Å². The van der Waals surface area contributed by atoms with E-state index in [1.54, 1.807) is 12.1 Å². The molecule has 0 aromatic heterocycles. The summed E-state index contributed by atoms with van der Waals surface area (Å²) in [5.41, 5.74) is 3.47. The Kier molecular flexibility index (Phi) is 7.24. The van der Waals surface area contributed by atoms with Crippen molar-refractivity contribution in [1.82, 2.24) is 9.62 Å². The molecular formula is C22H30N2O3S. The van der Waals surface area contributed by atoms with Crippen LogP contribution < -0.4 is 4.72 Å². The van der Waals surface area contributed by atoms with Gasteiger partial charge in [0, 0.05) is 25.7 Å². The van der Waals surface area contributed by atoms with Gasteiger partial charge < -0.3 is 4.74 Å². The Bertz CT molecular complexity index is 842. The zero-order valence-electron chi connectivity index (χ0n) is 16.7. The van der Waals surface area contributed by atoms with Crippen LogP contribution in [0, 0.1) is 6.92 Å². The average Bonchev–Trinajstić information content (AvgIpc) is 2.71. The van der Waals surface area contributed by atoms with Crippen LogP contribution >= 0.6 is 0 Å². The van der Waals surface area contributed by atoms with Gasteiger partial charge in [0.25, 0.3) is 0 Å². The van der Waals surface area contributed by atoms with E-state index in [0.717, 1.165) is 37.1 Å². The third kappa shape index (κ3) is 5.41. The van der Waals surface area contributed by atoms with Crippen molar-refractivity contribution in [2.75, 3.05) is 32.8 Å². The molecule has 0 amide bonds. The van der Waals surface area contributed by atoms with Crippen LogP contribution in [0.5, 0.6) is 0 Å². The minimum absolute atomic E-state index is 0.0151. The number of aryl methyl sites for hydroxylation is 2. The van der Waals surface area contributed by atoms with Gasteiger partial charge in [0.1, 0.15) is 0 Å². The highest BCUT2D eigenvalue weighted by molar-refractivity contribution is 7.89. The molecule has 1 atom stereocenters. The highest BCUT2D eigenvalue weighted by Crippen LogP contribution is 2.23. The molecule has 0 spiro atoms. The molecule has 2 aromatic carbocycles. The van der Waals surface area contributed by atoms with Crippen LogP contribution in [0.2, 0.25) is 0 Å². The summed E-state index contributed by atoms with van der Waals surface area (Å²) in [6, 6.07) is 15.5. The summed E-state index contributed by atoms with van der Waals surface area (Å²) < 4.78 is 33.9. The van der Waals surface area contributed by atoms with Gasteiger partial charge >= 0.3 is 0 Å². The van der Waals surface area contributed by atoms with Gasteiger partial charge in [-0.15, -0.1) is 0 Å². The lowest BCUT2D eigenvalue weighted by Gasteiger charge is -2.35. The molecule has 1 aliphatic heterocycles. The Morgan fingerprint density at radius 2 is 1.68 bits per heavy atom. The van der Waals surface area contributed by atoms with E-state index in [1.165, 1.54) is 5.56 Å². The minimum atomic E-state index is -3.55. The van der Waals surface area contributed by atoms with Crippen LogP contribution in [0.25, 0.3) is 0 Å². The SMILES string of the molecule is CCCc1ccc(S(=O)(=O)NCC(c2ccc(C)cc2)N2CCOCC2)cc1. The standard InChI is InChI=1S/C22H30N2O3S/c1-3-4-19-7-11-21(12-8-19)28(25,26)23-17-22(24-13-15-27-16-14-24)20-9-5-18(2)6-10-20/h5-12,22-23H,3-4,13-17H2,1-2H3. The molecule has 1 saturated heterocycles. The molecule has 2 aromatic rings. The van der Waals surface area contributed by atoms with Gasteiger partial charge in [-0.25, -0.2) is 13.1 Å². The van der Waals surface area contributed by atoms with E-state index in [2.05, 4.69) is 47.7 Å². The average molecular weight is 403 g/mol. The van der Waals surface area contributed by atoms with E-state index < -0.39 is 10.0 Å². The fraction of sp³-hybridized carbons (Fsp3) is 0.455. The Morgan fingerprint density at radius 3 is 2.29 bits per heavy atom. The molecule has 6 heteroatoms. The van der Waals surface area contributed by atoms with Gasteiger partial charge in [-0.3, -0.25) is 4.90 Å².